The third-order valence-corrected chi connectivity index (χ3v) is 6.38. The van der Waals surface area contributed by atoms with Gasteiger partial charge in [0, 0.05) is 50.1 Å². The molecule has 0 spiro atoms. The first-order valence-electron chi connectivity index (χ1n) is 11.3. The van der Waals surface area contributed by atoms with Crippen molar-refractivity contribution >= 4 is 34.7 Å². The van der Waals surface area contributed by atoms with Gasteiger partial charge >= 0.3 is 6.03 Å². The zero-order valence-electron chi connectivity index (χ0n) is 19.3. The first kappa shape index (κ1) is 22.7. The van der Waals surface area contributed by atoms with E-state index in [1.807, 2.05) is 25.1 Å². The lowest BCUT2D eigenvalue weighted by atomic mass is 9.95. The van der Waals surface area contributed by atoms with Crippen LogP contribution in [-0.4, -0.2) is 53.8 Å². The molecule has 2 N–H and O–H groups in total. The number of urea groups is 1. The van der Waals surface area contributed by atoms with Gasteiger partial charge in [0.15, 0.2) is 16.9 Å². The third kappa shape index (κ3) is 3.95. The van der Waals surface area contributed by atoms with E-state index in [0.29, 0.717) is 48.2 Å². The van der Waals surface area contributed by atoms with Crippen LogP contribution in [0.25, 0.3) is 11.1 Å². The monoisotopic (exact) mass is 476 g/mol. The Hall–Kier alpha value is -4.05. The SMILES string of the molecule is COCCCC(=O)c1cnc2cc([C@]3(CN4Cc5ccc(C)cc5C4=O)NC(=O)NC3=O)oc2c1. The average molecular weight is 476 g/mol. The quantitative estimate of drug-likeness (QED) is 0.290. The summed E-state index contributed by atoms with van der Waals surface area (Å²) < 4.78 is 11.0. The van der Waals surface area contributed by atoms with Gasteiger partial charge in [0.25, 0.3) is 11.8 Å². The van der Waals surface area contributed by atoms with Crippen LogP contribution in [-0.2, 0) is 21.6 Å². The number of aromatic nitrogens is 1. The zero-order valence-corrected chi connectivity index (χ0v) is 19.3. The maximum Gasteiger partial charge on any atom is 0.322 e. The van der Waals surface area contributed by atoms with Gasteiger partial charge in [0.05, 0.1) is 6.54 Å². The Morgan fingerprint density at radius 1 is 1.23 bits per heavy atom. The summed E-state index contributed by atoms with van der Waals surface area (Å²) in [6.45, 7) is 2.56. The van der Waals surface area contributed by atoms with Crippen LogP contribution in [0.5, 0.6) is 0 Å². The van der Waals surface area contributed by atoms with E-state index in [1.165, 1.54) is 11.1 Å². The lowest BCUT2D eigenvalue weighted by Gasteiger charge is -2.28. The number of amides is 4. The molecule has 1 atom stereocenters. The first-order chi connectivity index (χ1) is 16.8. The van der Waals surface area contributed by atoms with Crippen LogP contribution in [0.15, 0.2) is 40.9 Å². The summed E-state index contributed by atoms with van der Waals surface area (Å²) in [5.74, 6) is -0.827. The second kappa shape index (κ2) is 8.62. The Labute approximate surface area is 200 Å². The van der Waals surface area contributed by atoms with Crippen molar-refractivity contribution in [2.24, 2.45) is 0 Å². The number of pyridine rings is 1. The summed E-state index contributed by atoms with van der Waals surface area (Å²) in [6, 6.07) is 8.07. The van der Waals surface area contributed by atoms with E-state index in [0.717, 1.165) is 11.1 Å². The van der Waals surface area contributed by atoms with Gasteiger partial charge in [-0.3, -0.25) is 24.7 Å². The van der Waals surface area contributed by atoms with E-state index in [9.17, 15) is 19.2 Å². The number of ketones is 1. The molecule has 0 aliphatic carbocycles. The number of imide groups is 1. The van der Waals surface area contributed by atoms with Crippen LogP contribution in [0.1, 0.15) is 50.4 Å². The number of aryl methyl sites for hydroxylation is 1. The molecule has 10 heteroatoms. The number of methoxy groups -OCH3 is 1. The van der Waals surface area contributed by atoms with Crippen LogP contribution in [0, 0.1) is 6.92 Å². The van der Waals surface area contributed by atoms with Gasteiger partial charge in [-0.25, -0.2) is 4.79 Å². The predicted octanol–water partition coefficient (Wildman–Crippen LogP) is 2.44. The van der Waals surface area contributed by atoms with Gasteiger partial charge in [0.1, 0.15) is 11.3 Å². The largest absolute Gasteiger partial charge is 0.456 e. The van der Waals surface area contributed by atoms with Gasteiger partial charge in [-0.15, -0.1) is 0 Å². The molecule has 2 aliphatic heterocycles. The van der Waals surface area contributed by atoms with E-state index in [-0.39, 0.29) is 24.0 Å². The highest BCUT2D eigenvalue weighted by molar-refractivity contribution is 6.08. The standard InChI is InChI=1S/C25H24N4O6/c1-14-5-6-15-12-29(22(31)17(15)8-14)13-25(23(32)27-24(33)28-25)21-10-18-20(35-21)9-16(11-26-18)19(30)4-3-7-34-2/h5-6,8-11H,3-4,7,12-13H2,1-2H3,(H2,27,28,32,33)/t25-/m0/s1. The van der Waals surface area contributed by atoms with Crippen LogP contribution in [0.2, 0.25) is 0 Å². The van der Waals surface area contributed by atoms with E-state index in [4.69, 9.17) is 9.15 Å². The predicted molar refractivity (Wildman–Crippen MR) is 124 cm³/mol. The first-order valence-corrected chi connectivity index (χ1v) is 11.3. The number of nitrogens with zero attached hydrogens (tertiary/aromatic N) is 2. The number of hydrogen-bond donors (Lipinski definition) is 2. The summed E-state index contributed by atoms with van der Waals surface area (Å²) in [5.41, 5.74) is 1.86. The molecular weight excluding hydrogens is 452 g/mol. The number of nitrogens with one attached hydrogen (secondary N) is 2. The number of furan rings is 1. The minimum Gasteiger partial charge on any atom is -0.456 e. The molecule has 180 valence electrons. The second-order valence-electron chi connectivity index (χ2n) is 8.87. The summed E-state index contributed by atoms with van der Waals surface area (Å²) in [5, 5.41) is 4.91. The number of Topliss-reactive ketones (excluding diaryl/α,β-unsaturated/α-hetero) is 1. The average Bonchev–Trinajstić information content (AvgIpc) is 3.48. The summed E-state index contributed by atoms with van der Waals surface area (Å²) >= 11 is 0. The normalized spacial score (nSPS) is 19.3. The Morgan fingerprint density at radius 3 is 2.80 bits per heavy atom. The maximum absolute atomic E-state index is 13.1. The molecular formula is C25H24N4O6. The molecule has 2 aromatic heterocycles. The lowest BCUT2D eigenvalue weighted by molar-refractivity contribution is -0.125. The smallest absolute Gasteiger partial charge is 0.322 e. The van der Waals surface area contributed by atoms with E-state index >= 15 is 0 Å². The zero-order chi connectivity index (χ0) is 24.7. The van der Waals surface area contributed by atoms with Crippen molar-refractivity contribution in [2.45, 2.75) is 31.8 Å². The topological polar surface area (TPSA) is 131 Å². The van der Waals surface area contributed by atoms with Crippen molar-refractivity contribution in [3.8, 4) is 0 Å². The van der Waals surface area contributed by atoms with Crippen molar-refractivity contribution in [2.75, 3.05) is 20.3 Å². The molecule has 4 amide bonds. The Balaban J connectivity index is 1.47. The van der Waals surface area contributed by atoms with Crippen LogP contribution in [0.4, 0.5) is 4.79 Å². The minimum absolute atomic E-state index is 0.105. The van der Waals surface area contributed by atoms with Crippen LogP contribution < -0.4 is 10.6 Å². The van der Waals surface area contributed by atoms with Gasteiger partial charge < -0.3 is 19.4 Å². The molecule has 2 aliphatic rings. The molecule has 1 saturated heterocycles. The molecule has 1 fully saturated rings. The molecule has 4 heterocycles. The Morgan fingerprint density at radius 2 is 2.06 bits per heavy atom. The second-order valence-corrected chi connectivity index (χ2v) is 8.87. The maximum atomic E-state index is 13.1. The highest BCUT2D eigenvalue weighted by Gasteiger charge is 2.53. The van der Waals surface area contributed by atoms with Gasteiger partial charge in [0.2, 0.25) is 0 Å². The number of hydrogen-bond acceptors (Lipinski definition) is 7. The number of carbonyl (C=O) groups excluding carboxylic acids is 4. The number of rotatable bonds is 8. The Bertz CT molecular complexity index is 1380. The third-order valence-electron chi connectivity index (χ3n) is 6.38. The molecule has 35 heavy (non-hydrogen) atoms. The molecule has 0 saturated carbocycles. The van der Waals surface area contributed by atoms with Crippen molar-refractivity contribution < 1.29 is 28.3 Å². The number of fused-ring (bicyclic) bond motifs is 2. The Kier molecular flexibility index (Phi) is 5.60. The van der Waals surface area contributed by atoms with Gasteiger partial charge in [-0.2, -0.15) is 0 Å². The van der Waals surface area contributed by atoms with Crippen molar-refractivity contribution in [1.29, 1.82) is 0 Å². The van der Waals surface area contributed by atoms with E-state index < -0.39 is 17.5 Å². The van der Waals surface area contributed by atoms with Gasteiger partial charge in [-0.05, 0) is 31.0 Å². The summed E-state index contributed by atoms with van der Waals surface area (Å²) in [7, 11) is 1.58. The molecule has 5 rings (SSSR count). The van der Waals surface area contributed by atoms with Crippen LogP contribution in [0.3, 0.4) is 0 Å². The summed E-state index contributed by atoms with van der Waals surface area (Å²) in [6.07, 6.45) is 2.34. The molecule has 10 nitrogen and oxygen atoms in total. The summed E-state index contributed by atoms with van der Waals surface area (Å²) in [4.78, 5) is 56.6. The van der Waals surface area contributed by atoms with Crippen LogP contribution >= 0.6 is 0 Å². The van der Waals surface area contributed by atoms with E-state index in [1.54, 1.807) is 19.2 Å². The fourth-order valence-corrected chi connectivity index (χ4v) is 4.55. The highest BCUT2D eigenvalue weighted by atomic mass is 16.5. The fourth-order valence-electron chi connectivity index (χ4n) is 4.55. The van der Waals surface area contributed by atoms with E-state index in [2.05, 4.69) is 15.6 Å². The molecule has 3 aromatic rings. The molecule has 0 bridgehead atoms. The lowest BCUT2D eigenvalue weighted by Crippen LogP contribution is -2.52. The molecule has 0 unspecified atom stereocenters. The molecule has 0 radical (unpaired) electrons. The van der Waals surface area contributed by atoms with Gasteiger partial charge in [-0.1, -0.05) is 17.7 Å². The number of ether oxygens (including phenoxy) is 1. The number of carbonyl (C=O) groups is 4. The fraction of sp³-hybridized carbons (Fsp3) is 0.320. The minimum atomic E-state index is -1.63. The van der Waals surface area contributed by atoms with Crippen molar-refractivity contribution in [3.63, 3.8) is 0 Å². The highest BCUT2D eigenvalue weighted by Crippen LogP contribution is 2.34. The van der Waals surface area contributed by atoms with Crippen molar-refractivity contribution in [1.82, 2.24) is 20.5 Å². The van der Waals surface area contributed by atoms with Crippen molar-refractivity contribution in [3.05, 3.63) is 64.5 Å². The molecule has 1 aromatic carbocycles. The number of benzene rings is 1.